The number of benzene rings is 2. The zero-order valence-electron chi connectivity index (χ0n) is 24.2. The van der Waals surface area contributed by atoms with Crippen LogP contribution in [0.4, 0.5) is 10.5 Å². The number of amides is 1. The van der Waals surface area contributed by atoms with Crippen molar-refractivity contribution in [2.24, 2.45) is 0 Å². The minimum atomic E-state index is -0.323. The largest absolute Gasteiger partial charge is 0.445 e. The number of carbonyl (C=O) groups excluding carboxylic acids is 1. The second-order valence-corrected chi connectivity index (χ2v) is 11.9. The molecule has 0 saturated carbocycles. The smallest absolute Gasteiger partial charge is 0.407 e. The number of rotatable bonds is 8. The molecule has 3 heterocycles. The van der Waals surface area contributed by atoms with Gasteiger partial charge in [-0.05, 0) is 92.9 Å². The molecule has 41 heavy (non-hydrogen) atoms. The number of piperidine rings is 1. The van der Waals surface area contributed by atoms with Crippen molar-refractivity contribution in [2.75, 3.05) is 31.6 Å². The highest BCUT2D eigenvalue weighted by atomic mass is 16.5. The van der Waals surface area contributed by atoms with Gasteiger partial charge in [-0.1, -0.05) is 48.5 Å². The molecule has 1 amide bonds. The first-order chi connectivity index (χ1) is 20.1. The molecule has 3 aliphatic rings. The topological polar surface area (TPSA) is 69.7 Å². The molecule has 2 aromatic carbocycles. The maximum Gasteiger partial charge on any atom is 0.407 e. The van der Waals surface area contributed by atoms with Crippen LogP contribution in [0.15, 0.2) is 66.9 Å². The van der Waals surface area contributed by atoms with Gasteiger partial charge in [-0.3, -0.25) is 9.88 Å². The molecule has 1 aliphatic carbocycles. The van der Waals surface area contributed by atoms with Crippen LogP contribution in [-0.2, 0) is 30.7 Å². The molecule has 6 rings (SSSR count). The number of anilines is 1. The summed E-state index contributed by atoms with van der Waals surface area (Å²) in [5.41, 5.74) is 8.00. The highest BCUT2D eigenvalue weighted by Crippen LogP contribution is 2.33. The Morgan fingerprint density at radius 3 is 2.73 bits per heavy atom. The third-order valence-electron chi connectivity index (χ3n) is 9.18. The molecule has 0 radical (unpaired) electrons. The van der Waals surface area contributed by atoms with Gasteiger partial charge in [0.05, 0.1) is 11.7 Å². The Morgan fingerprint density at radius 2 is 1.88 bits per heavy atom. The summed E-state index contributed by atoms with van der Waals surface area (Å²) in [6.45, 7) is 4.17. The quantitative estimate of drug-likeness (QED) is 0.390. The minimum absolute atomic E-state index is 0.151. The number of fused-ring (bicyclic) bond motifs is 2. The first-order valence-electron chi connectivity index (χ1n) is 15.3. The fraction of sp³-hybridized carbons (Fsp3) is 0.471. The van der Waals surface area contributed by atoms with E-state index in [-0.39, 0.29) is 12.1 Å². The Morgan fingerprint density at radius 1 is 1.05 bits per heavy atom. The van der Waals surface area contributed by atoms with E-state index in [1.165, 1.54) is 40.9 Å². The summed E-state index contributed by atoms with van der Waals surface area (Å²) in [6, 6.07) is 22.0. The molecule has 2 atom stereocenters. The molecule has 1 aromatic heterocycles. The predicted molar refractivity (Wildman–Crippen MR) is 163 cm³/mol. The van der Waals surface area contributed by atoms with E-state index in [1.54, 1.807) is 0 Å². The number of hydrogen-bond donors (Lipinski definition) is 2. The standard InChI is InChI=1S/C34H43N5O2/c1-38(32-14-5-10-26-12-7-18-35-33(26)32)19-15-29-22-30-27(23-36-29)11-6-13-31(30)39-20-16-28(17-21-39)37-34(40)41-24-25-8-3-2-4-9-25/h2-4,6-9,11-13,18,28-29,32,36H,5,10,14-17,19-24H2,1H3,(H,37,40)/t29-,32-/m0/s1. The molecule has 1 saturated heterocycles. The summed E-state index contributed by atoms with van der Waals surface area (Å²) >= 11 is 0. The van der Waals surface area contributed by atoms with E-state index in [0.29, 0.717) is 18.7 Å². The number of aromatic nitrogens is 1. The van der Waals surface area contributed by atoms with E-state index in [4.69, 9.17) is 9.72 Å². The molecule has 3 aromatic rings. The highest BCUT2D eigenvalue weighted by Gasteiger charge is 2.28. The lowest BCUT2D eigenvalue weighted by Gasteiger charge is -2.38. The molecular weight excluding hydrogens is 510 g/mol. The minimum Gasteiger partial charge on any atom is -0.445 e. The van der Waals surface area contributed by atoms with Gasteiger partial charge in [0.25, 0.3) is 0 Å². The molecule has 2 N–H and O–H groups in total. The van der Waals surface area contributed by atoms with Crippen molar-refractivity contribution in [3.63, 3.8) is 0 Å². The maximum absolute atomic E-state index is 12.4. The molecule has 0 spiro atoms. The zero-order valence-corrected chi connectivity index (χ0v) is 24.2. The van der Waals surface area contributed by atoms with Crippen molar-refractivity contribution in [3.05, 3.63) is 94.8 Å². The van der Waals surface area contributed by atoms with Gasteiger partial charge in [-0.15, -0.1) is 0 Å². The van der Waals surface area contributed by atoms with Gasteiger partial charge in [-0.2, -0.15) is 0 Å². The number of nitrogens with zero attached hydrogens (tertiary/aromatic N) is 3. The van der Waals surface area contributed by atoms with Crippen molar-refractivity contribution >= 4 is 11.8 Å². The van der Waals surface area contributed by atoms with Gasteiger partial charge in [0.15, 0.2) is 0 Å². The summed E-state index contributed by atoms with van der Waals surface area (Å²) < 4.78 is 5.45. The summed E-state index contributed by atoms with van der Waals surface area (Å²) in [4.78, 5) is 22.2. The normalized spacial score (nSPS) is 20.8. The number of alkyl carbamates (subject to hydrolysis) is 1. The fourth-order valence-electron chi connectivity index (χ4n) is 6.82. The van der Waals surface area contributed by atoms with Crippen LogP contribution in [0, 0.1) is 0 Å². The number of ether oxygens (including phenoxy) is 1. The summed E-state index contributed by atoms with van der Waals surface area (Å²) in [5.74, 6) is 0. The maximum atomic E-state index is 12.4. The van der Waals surface area contributed by atoms with Gasteiger partial charge >= 0.3 is 6.09 Å². The summed E-state index contributed by atoms with van der Waals surface area (Å²) in [5, 5.41) is 6.90. The van der Waals surface area contributed by atoms with E-state index < -0.39 is 0 Å². The number of aryl methyl sites for hydroxylation is 1. The SMILES string of the molecule is CN(CC[C@H]1Cc2c(cccc2N2CCC(NC(=O)OCc3ccccc3)CC2)CN1)[C@H]1CCCc2cccnc21. The van der Waals surface area contributed by atoms with Crippen molar-refractivity contribution < 1.29 is 9.53 Å². The Hall–Kier alpha value is -3.42. The van der Waals surface area contributed by atoms with Crippen LogP contribution in [0.2, 0.25) is 0 Å². The fourth-order valence-corrected chi connectivity index (χ4v) is 6.82. The second-order valence-electron chi connectivity index (χ2n) is 11.9. The monoisotopic (exact) mass is 553 g/mol. The van der Waals surface area contributed by atoms with Crippen LogP contribution in [0.3, 0.4) is 0 Å². The van der Waals surface area contributed by atoms with Crippen molar-refractivity contribution in [1.29, 1.82) is 0 Å². The molecule has 1 fully saturated rings. The van der Waals surface area contributed by atoms with Gasteiger partial charge < -0.3 is 20.3 Å². The molecule has 2 aliphatic heterocycles. The molecule has 0 unspecified atom stereocenters. The van der Waals surface area contributed by atoms with Crippen LogP contribution in [0.5, 0.6) is 0 Å². The van der Waals surface area contributed by atoms with E-state index in [0.717, 1.165) is 63.8 Å². The van der Waals surface area contributed by atoms with Crippen LogP contribution in [-0.4, -0.2) is 54.7 Å². The van der Waals surface area contributed by atoms with Gasteiger partial charge in [0.2, 0.25) is 0 Å². The van der Waals surface area contributed by atoms with Crippen LogP contribution >= 0.6 is 0 Å². The number of hydrogen-bond acceptors (Lipinski definition) is 6. The second kappa shape index (κ2) is 13.0. The number of pyridine rings is 1. The third-order valence-corrected chi connectivity index (χ3v) is 9.18. The van der Waals surface area contributed by atoms with Crippen molar-refractivity contribution in [1.82, 2.24) is 20.5 Å². The third kappa shape index (κ3) is 6.74. The average molecular weight is 554 g/mol. The Labute approximate surface area is 244 Å². The summed E-state index contributed by atoms with van der Waals surface area (Å²) in [7, 11) is 2.27. The van der Waals surface area contributed by atoms with Crippen LogP contribution < -0.4 is 15.5 Å². The van der Waals surface area contributed by atoms with Crippen molar-refractivity contribution in [2.45, 2.75) is 76.2 Å². The van der Waals surface area contributed by atoms with Gasteiger partial charge in [-0.25, -0.2) is 4.79 Å². The summed E-state index contributed by atoms with van der Waals surface area (Å²) in [6.07, 6.45) is 9.25. The van der Waals surface area contributed by atoms with E-state index >= 15 is 0 Å². The van der Waals surface area contributed by atoms with Crippen molar-refractivity contribution in [3.8, 4) is 0 Å². The average Bonchev–Trinajstić information content (AvgIpc) is 3.03. The van der Waals surface area contributed by atoms with Gasteiger partial charge in [0.1, 0.15) is 6.61 Å². The number of carbonyl (C=O) groups is 1. The molecule has 0 bridgehead atoms. The van der Waals surface area contributed by atoms with Crippen LogP contribution in [0.1, 0.15) is 66.1 Å². The highest BCUT2D eigenvalue weighted by molar-refractivity contribution is 5.67. The Bertz CT molecular complexity index is 1310. The van der Waals surface area contributed by atoms with E-state index in [2.05, 4.69) is 57.8 Å². The molecule has 7 nitrogen and oxygen atoms in total. The zero-order chi connectivity index (χ0) is 28.0. The first kappa shape index (κ1) is 27.7. The molecule has 7 heteroatoms. The lowest BCUT2D eigenvalue weighted by Crippen LogP contribution is -2.45. The lowest BCUT2D eigenvalue weighted by atomic mass is 9.89. The lowest BCUT2D eigenvalue weighted by molar-refractivity contribution is 0.134. The predicted octanol–water partition coefficient (Wildman–Crippen LogP) is 5.39. The molecule has 216 valence electrons. The Kier molecular flexibility index (Phi) is 8.82. The van der Waals surface area contributed by atoms with Crippen LogP contribution in [0.25, 0.3) is 0 Å². The first-order valence-corrected chi connectivity index (χ1v) is 15.3. The van der Waals surface area contributed by atoms with Gasteiger partial charge in [0, 0.05) is 43.6 Å². The van der Waals surface area contributed by atoms with E-state index in [1.807, 2.05) is 36.5 Å². The van der Waals surface area contributed by atoms with E-state index in [9.17, 15) is 4.79 Å². The Balaban J connectivity index is 1.01. The number of nitrogens with one attached hydrogen (secondary N) is 2. The molecular formula is C34H43N5O2.